The number of benzene rings is 2. The highest BCUT2D eigenvalue weighted by Crippen LogP contribution is 2.27. The van der Waals surface area contributed by atoms with Crippen molar-refractivity contribution in [1.82, 2.24) is 25.8 Å². The van der Waals surface area contributed by atoms with Gasteiger partial charge in [0, 0.05) is 48.0 Å². The van der Waals surface area contributed by atoms with Crippen LogP contribution >= 0.6 is 0 Å². The van der Waals surface area contributed by atoms with Gasteiger partial charge in [-0.05, 0) is 48.2 Å². The Balaban J connectivity index is 1.35. The molecule has 2 unspecified atom stereocenters. The summed E-state index contributed by atoms with van der Waals surface area (Å²) in [6.07, 6.45) is 4.41. The first-order valence-corrected chi connectivity index (χ1v) is 10.2. The quantitative estimate of drug-likeness (QED) is 0.492. The van der Waals surface area contributed by atoms with Gasteiger partial charge in [-0.3, -0.25) is 14.9 Å². The van der Waals surface area contributed by atoms with E-state index in [1.54, 1.807) is 12.4 Å². The lowest BCUT2D eigenvalue weighted by Gasteiger charge is -2.31. The Morgan fingerprint density at radius 2 is 1.83 bits per heavy atom. The maximum absolute atomic E-state index is 13.0. The van der Waals surface area contributed by atoms with Crippen LogP contribution in [0.4, 0.5) is 0 Å². The van der Waals surface area contributed by atoms with Crippen LogP contribution in [0.2, 0.25) is 0 Å². The zero-order chi connectivity index (χ0) is 20.3. The molecule has 1 aliphatic heterocycles. The van der Waals surface area contributed by atoms with E-state index in [9.17, 15) is 4.79 Å². The van der Waals surface area contributed by atoms with E-state index in [-0.39, 0.29) is 11.9 Å². The summed E-state index contributed by atoms with van der Waals surface area (Å²) in [4.78, 5) is 17.1. The second-order valence-electron chi connectivity index (χ2n) is 7.74. The third kappa shape index (κ3) is 3.69. The third-order valence-corrected chi connectivity index (χ3v) is 5.74. The van der Waals surface area contributed by atoms with Crippen LogP contribution in [0.5, 0.6) is 0 Å². The van der Waals surface area contributed by atoms with Gasteiger partial charge in [-0.15, -0.1) is 0 Å². The van der Waals surface area contributed by atoms with Gasteiger partial charge < -0.3 is 10.6 Å². The summed E-state index contributed by atoms with van der Waals surface area (Å²) in [5.41, 5.74) is 4.65. The molecule has 3 N–H and O–H groups in total. The number of nitrogens with zero attached hydrogens (tertiary/aromatic N) is 2. The first kappa shape index (κ1) is 18.5. The van der Waals surface area contributed by atoms with Crippen molar-refractivity contribution in [2.75, 3.05) is 13.1 Å². The average Bonchev–Trinajstić information content (AvgIpc) is 3.24. The molecule has 3 heterocycles. The molecule has 2 aromatic heterocycles. The van der Waals surface area contributed by atoms with Crippen molar-refractivity contribution in [3.63, 3.8) is 0 Å². The second kappa shape index (κ2) is 8.08. The van der Waals surface area contributed by atoms with E-state index in [1.165, 1.54) is 5.56 Å². The number of fused-ring (bicyclic) bond motifs is 1. The Hall–Kier alpha value is -3.51. The van der Waals surface area contributed by atoms with Crippen LogP contribution in [0.3, 0.4) is 0 Å². The zero-order valence-corrected chi connectivity index (χ0v) is 16.5. The largest absolute Gasteiger partial charge is 0.348 e. The molecule has 6 nitrogen and oxygen atoms in total. The fourth-order valence-electron chi connectivity index (χ4n) is 4.18. The van der Waals surface area contributed by atoms with Gasteiger partial charge in [-0.1, -0.05) is 30.3 Å². The molecule has 0 spiro atoms. The Bertz CT molecular complexity index is 1160. The fourth-order valence-corrected chi connectivity index (χ4v) is 4.18. The van der Waals surface area contributed by atoms with Gasteiger partial charge >= 0.3 is 0 Å². The summed E-state index contributed by atoms with van der Waals surface area (Å²) in [6.45, 7) is 1.72. The summed E-state index contributed by atoms with van der Waals surface area (Å²) < 4.78 is 0. The van der Waals surface area contributed by atoms with Gasteiger partial charge in [0.2, 0.25) is 0 Å². The lowest BCUT2D eigenvalue weighted by Crippen LogP contribution is -2.48. The van der Waals surface area contributed by atoms with E-state index in [2.05, 4.69) is 50.1 Å². The van der Waals surface area contributed by atoms with Crippen LogP contribution in [-0.4, -0.2) is 40.2 Å². The third-order valence-electron chi connectivity index (χ3n) is 5.74. The fraction of sp³-hybridized carbons (Fsp3) is 0.208. The molecule has 1 saturated heterocycles. The number of carbonyl (C=O) groups is 1. The standard InChI is InChI=1S/C24H23N5O/c30-24(27-20-12-19(14-26-15-20)16-4-2-1-3-5-16)18-6-7-22-21(13-18)23(29-28-22)17-8-10-25-11-9-17/h1-11,13,19-20,26H,12,14-15H2,(H,27,30)(H,28,29). The summed E-state index contributed by atoms with van der Waals surface area (Å²) in [6, 6.07) is 20.1. The second-order valence-corrected chi connectivity index (χ2v) is 7.74. The van der Waals surface area contributed by atoms with Crippen molar-refractivity contribution in [2.45, 2.75) is 18.4 Å². The number of amides is 1. The van der Waals surface area contributed by atoms with Crippen molar-refractivity contribution in [2.24, 2.45) is 0 Å². The molecule has 4 aromatic rings. The highest BCUT2D eigenvalue weighted by molar-refractivity contribution is 6.01. The van der Waals surface area contributed by atoms with Crippen molar-refractivity contribution < 1.29 is 4.79 Å². The molecule has 1 aliphatic rings. The van der Waals surface area contributed by atoms with E-state index >= 15 is 0 Å². The summed E-state index contributed by atoms with van der Waals surface area (Å²) >= 11 is 0. The monoisotopic (exact) mass is 397 g/mol. The number of H-pyrrole nitrogens is 1. The van der Waals surface area contributed by atoms with Crippen LogP contribution in [0.25, 0.3) is 22.2 Å². The first-order valence-electron chi connectivity index (χ1n) is 10.2. The van der Waals surface area contributed by atoms with Crippen molar-refractivity contribution in [3.8, 4) is 11.3 Å². The Morgan fingerprint density at radius 3 is 2.67 bits per heavy atom. The molecule has 0 aliphatic carbocycles. The summed E-state index contributed by atoms with van der Waals surface area (Å²) in [7, 11) is 0. The smallest absolute Gasteiger partial charge is 0.251 e. The number of piperidine rings is 1. The highest BCUT2D eigenvalue weighted by Gasteiger charge is 2.24. The molecular formula is C24H23N5O. The number of nitrogens with one attached hydrogen (secondary N) is 3. The number of aromatic amines is 1. The van der Waals surface area contributed by atoms with E-state index < -0.39 is 0 Å². The minimum Gasteiger partial charge on any atom is -0.348 e. The maximum atomic E-state index is 13.0. The van der Waals surface area contributed by atoms with Gasteiger partial charge in [-0.25, -0.2) is 0 Å². The molecule has 0 bridgehead atoms. The van der Waals surface area contributed by atoms with Crippen molar-refractivity contribution >= 4 is 16.8 Å². The van der Waals surface area contributed by atoms with Gasteiger partial charge in [0.1, 0.15) is 5.69 Å². The molecule has 150 valence electrons. The van der Waals surface area contributed by atoms with Crippen LogP contribution in [0.15, 0.2) is 73.1 Å². The number of hydrogen-bond acceptors (Lipinski definition) is 4. The summed E-state index contributed by atoms with van der Waals surface area (Å²) in [5, 5.41) is 15.1. The van der Waals surface area contributed by atoms with Gasteiger partial charge in [0.25, 0.3) is 5.91 Å². The first-order chi connectivity index (χ1) is 14.8. The van der Waals surface area contributed by atoms with E-state index in [4.69, 9.17) is 0 Å². The zero-order valence-electron chi connectivity index (χ0n) is 16.5. The number of carbonyl (C=O) groups excluding carboxylic acids is 1. The molecule has 5 rings (SSSR count). The van der Waals surface area contributed by atoms with Gasteiger partial charge in [0.15, 0.2) is 0 Å². The molecule has 1 fully saturated rings. The molecule has 6 heteroatoms. The molecule has 0 saturated carbocycles. The molecule has 2 atom stereocenters. The predicted molar refractivity (Wildman–Crippen MR) is 117 cm³/mol. The maximum Gasteiger partial charge on any atom is 0.251 e. The molecule has 30 heavy (non-hydrogen) atoms. The summed E-state index contributed by atoms with van der Waals surface area (Å²) in [5.74, 6) is 0.346. The van der Waals surface area contributed by atoms with Crippen molar-refractivity contribution in [1.29, 1.82) is 0 Å². The predicted octanol–water partition coefficient (Wildman–Crippen LogP) is 3.50. The van der Waals surface area contributed by atoms with Crippen LogP contribution < -0.4 is 10.6 Å². The van der Waals surface area contributed by atoms with E-state index in [1.807, 2.05) is 36.4 Å². The Morgan fingerprint density at radius 1 is 1.00 bits per heavy atom. The molecular weight excluding hydrogens is 374 g/mol. The lowest BCUT2D eigenvalue weighted by atomic mass is 9.89. The topological polar surface area (TPSA) is 82.7 Å². The molecule has 1 amide bonds. The highest BCUT2D eigenvalue weighted by atomic mass is 16.1. The molecule has 0 radical (unpaired) electrons. The van der Waals surface area contributed by atoms with Crippen LogP contribution in [0, 0.1) is 0 Å². The number of pyridine rings is 1. The SMILES string of the molecule is O=C(NC1CNCC(c2ccccc2)C1)c1ccc2[nH]nc(-c3ccncc3)c2c1. The van der Waals surface area contributed by atoms with E-state index in [0.29, 0.717) is 11.5 Å². The lowest BCUT2D eigenvalue weighted by molar-refractivity contribution is 0.0928. The Kier molecular flexibility index (Phi) is 4.99. The normalized spacial score (nSPS) is 18.9. The van der Waals surface area contributed by atoms with Gasteiger partial charge in [-0.2, -0.15) is 5.10 Å². The number of hydrogen-bond donors (Lipinski definition) is 3. The number of aromatic nitrogens is 3. The Labute approximate surface area is 174 Å². The van der Waals surface area contributed by atoms with Crippen LogP contribution in [-0.2, 0) is 0 Å². The molecule has 2 aromatic carbocycles. The minimum atomic E-state index is -0.0562. The van der Waals surface area contributed by atoms with E-state index in [0.717, 1.165) is 41.7 Å². The van der Waals surface area contributed by atoms with Gasteiger partial charge in [0.05, 0.1) is 5.52 Å². The average molecular weight is 397 g/mol. The van der Waals surface area contributed by atoms with Crippen LogP contribution in [0.1, 0.15) is 28.3 Å². The van der Waals surface area contributed by atoms with Crippen molar-refractivity contribution in [3.05, 3.63) is 84.2 Å². The minimum absolute atomic E-state index is 0.0562. The number of rotatable bonds is 4.